The van der Waals surface area contributed by atoms with Crippen molar-refractivity contribution >= 4 is 11.8 Å². The predicted molar refractivity (Wildman–Crippen MR) is 37.8 cm³/mol. The van der Waals surface area contributed by atoms with E-state index in [2.05, 4.69) is 5.32 Å². The van der Waals surface area contributed by atoms with E-state index in [-0.39, 0.29) is 11.8 Å². The molecule has 2 amide bonds. The molecule has 1 aliphatic heterocycles. The summed E-state index contributed by atoms with van der Waals surface area (Å²) >= 11 is 0. The van der Waals surface area contributed by atoms with Crippen LogP contribution in [-0.2, 0) is 14.3 Å². The third-order valence-electron chi connectivity index (χ3n) is 1.56. The lowest BCUT2D eigenvalue weighted by molar-refractivity contribution is -0.142. The van der Waals surface area contributed by atoms with Crippen molar-refractivity contribution in [3.05, 3.63) is 0 Å². The van der Waals surface area contributed by atoms with Gasteiger partial charge in [0, 0.05) is 13.0 Å². The number of imide groups is 1. The predicted octanol–water partition coefficient (Wildman–Crippen LogP) is -0.172. The van der Waals surface area contributed by atoms with Crippen LogP contribution in [0.15, 0.2) is 0 Å². The van der Waals surface area contributed by atoms with Gasteiger partial charge in [0.1, 0.15) is 6.10 Å². The molecule has 1 saturated heterocycles. The second-order valence-corrected chi connectivity index (χ2v) is 2.40. The van der Waals surface area contributed by atoms with Gasteiger partial charge in [0.2, 0.25) is 5.91 Å². The zero-order valence-electron chi connectivity index (χ0n) is 6.42. The molecule has 4 nitrogen and oxygen atoms in total. The Bertz CT molecular complexity index is 179. The Morgan fingerprint density at radius 1 is 1.64 bits per heavy atom. The first-order valence-corrected chi connectivity index (χ1v) is 3.69. The second-order valence-electron chi connectivity index (χ2n) is 2.40. The van der Waals surface area contributed by atoms with Crippen molar-refractivity contribution in [3.63, 3.8) is 0 Å². The van der Waals surface area contributed by atoms with Crippen LogP contribution in [0.3, 0.4) is 0 Å². The average molecular weight is 157 g/mol. The number of hydrogen-bond donors (Lipinski definition) is 1. The van der Waals surface area contributed by atoms with E-state index < -0.39 is 6.10 Å². The fraction of sp³-hybridized carbons (Fsp3) is 0.714. The molecule has 1 aliphatic rings. The van der Waals surface area contributed by atoms with E-state index in [0.717, 1.165) is 0 Å². The summed E-state index contributed by atoms with van der Waals surface area (Å²) in [7, 11) is 0. The Morgan fingerprint density at radius 2 is 2.36 bits per heavy atom. The van der Waals surface area contributed by atoms with Gasteiger partial charge in [0.15, 0.2) is 0 Å². The highest BCUT2D eigenvalue weighted by atomic mass is 16.5. The highest BCUT2D eigenvalue weighted by Gasteiger charge is 2.26. The summed E-state index contributed by atoms with van der Waals surface area (Å²) in [6, 6.07) is 0. The normalized spacial score (nSPS) is 25.0. The van der Waals surface area contributed by atoms with Crippen molar-refractivity contribution in [3.8, 4) is 0 Å². The molecule has 1 fully saturated rings. The van der Waals surface area contributed by atoms with Crippen LogP contribution in [0, 0.1) is 0 Å². The third-order valence-corrected chi connectivity index (χ3v) is 1.56. The standard InChI is InChI=1S/C7H11NO3/c1-2-11-5-3-4-6(9)8-7(5)10/h5H,2-4H2,1H3,(H,8,9,10). The van der Waals surface area contributed by atoms with E-state index in [4.69, 9.17) is 4.74 Å². The minimum atomic E-state index is -0.419. The fourth-order valence-electron chi connectivity index (χ4n) is 1.03. The van der Waals surface area contributed by atoms with Gasteiger partial charge < -0.3 is 4.74 Å². The van der Waals surface area contributed by atoms with Crippen LogP contribution in [0.1, 0.15) is 19.8 Å². The van der Waals surface area contributed by atoms with Crippen LogP contribution in [0.5, 0.6) is 0 Å². The summed E-state index contributed by atoms with van der Waals surface area (Å²) in [4.78, 5) is 21.6. The maximum atomic E-state index is 10.9. The number of ether oxygens (including phenoxy) is 1. The molecule has 1 unspecified atom stereocenters. The summed E-state index contributed by atoms with van der Waals surface area (Å²) in [5.41, 5.74) is 0. The van der Waals surface area contributed by atoms with Crippen LogP contribution >= 0.6 is 0 Å². The molecule has 62 valence electrons. The molecule has 1 heterocycles. The molecular weight excluding hydrogens is 146 g/mol. The quantitative estimate of drug-likeness (QED) is 0.566. The Balaban J connectivity index is 2.44. The molecule has 0 radical (unpaired) electrons. The lowest BCUT2D eigenvalue weighted by Crippen LogP contribution is -2.45. The number of hydrogen-bond acceptors (Lipinski definition) is 3. The zero-order chi connectivity index (χ0) is 8.27. The number of carbonyl (C=O) groups excluding carboxylic acids is 2. The van der Waals surface area contributed by atoms with E-state index in [1.807, 2.05) is 6.92 Å². The van der Waals surface area contributed by atoms with E-state index >= 15 is 0 Å². The number of amides is 2. The highest BCUT2D eigenvalue weighted by molar-refractivity contribution is 5.99. The maximum absolute atomic E-state index is 10.9. The van der Waals surface area contributed by atoms with E-state index in [1.165, 1.54) is 0 Å². The molecule has 0 spiro atoms. The van der Waals surface area contributed by atoms with Crippen molar-refractivity contribution in [1.82, 2.24) is 5.32 Å². The molecule has 1 atom stereocenters. The monoisotopic (exact) mass is 157 g/mol. The minimum absolute atomic E-state index is 0.203. The van der Waals surface area contributed by atoms with Crippen LogP contribution in [-0.4, -0.2) is 24.5 Å². The van der Waals surface area contributed by atoms with Gasteiger partial charge in [-0.05, 0) is 13.3 Å². The van der Waals surface area contributed by atoms with Gasteiger partial charge in [-0.2, -0.15) is 0 Å². The Morgan fingerprint density at radius 3 is 2.91 bits per heavy atom. The topological polar surface area (TPSA) is 55.4 Å². The first kappa shape index (κ1) is 8.20. The highest BCUT2D eigenvalue weighted by Crippen LogP contribution is 2.07. The summed E-state index contributed by atoms with van der Waals surface area (Å²) in [6.07, 6.45) is 0.479. The summed E-state index contributed by atoms with van der Waals surface area (Å²) in [5.74, 6) is -0.506. The molecule has 0 aromatic carbocycles. The molecule has 1 N–H and O–H groups in total. The first-order chi connectivity index (χ1) is 5.24. The number of carbonyl (C=O) groups is 2. The van der Waals surface area contributed by atoms with E-state index in [0.29, 0.717) is 19.4 Å². The molecule has 0 aliphatic carbocycles. The summed E-state index contributed by atoms with van der Waals surface area (Å²) in [5, 5.41) is 2.21. The molecule has 1 rings (SSSR count). The molecule has 4 heteroatoms. The van der Waals surface area contributed by atoms with Gasteiger partial charge in [-0.15, -0.1) is 0 Å². The van der Waals surface area contributed by atoms with Gasteiger partial charge >= 0.3 is 0 Å². The molecular formula is C7H11NO3. The number of piperidine rings is 1. The van der Waals surface area contributed by atoms with Crippen molar-refractivity contribution in [2.45, 2.75) is 25.9 Å². The Kier molecular flexibility index (Phi) is 2.59. The molecule has 0 saturated carbocycles. The third kappa shape index (κ3) is 2.01. The molecule has 0 aromatic heterocycles. The molecule has 11 heavy (non-hydrogen) atoms. The largest absolute Gasteiger partial charge is 0.369 e. The van der Waals surface area contributed by atoms with Crippen LogP contribution in [0.25, 0.3) is 0 Å². The van der Waals surface area contributed by atoms with Crippen molar-refractivity contribution in [1.29, 1.82) is 0 Å². The van der Waals surface area contributed by atoms with Crippen LogP contribution in [0.2, 0.25) is 0 Å². The van der Waals surface area contributed by atoms with Crippen molar-refractivity contribution in [2.75, 3.05) is 6.61 Å². The van der Waals surface area contributed by atoms with E-state index in [1.54, 1.807) is 0 Å². The smallest absolute Gasteiger partial charge is 0.255 e. The van der Waals surface area contributed by atoms with Gasteiger partial charge in [-0.1, -0.05) is 0 Å². The van der Waals surface area contributed by atoms with Gasteiger partial charge in [0.25, 0.3) is 5.91 Å². The molecule has 0 aromatic rings. The first-order valence-electron chi connectivity index (χ1n) is 3.69. The SMILES string of the molecule is CCOC1CCC(=O)NC1=O. The zero-order valence-corrected chi connectivity index (χ0v) is 6.42. The second kappa shape index (κ2) is 3.48. The fourth-order valence-corrected chi connectivity index (χ4v) is 1.03. The molecule has 0 bridgehead atoms. The lowest BCUT2D eigenvalue weighted by atomic mass is 10.1. The minimum Gasteiger partial charge on any atom is -0.369 e. The average Bonchev–Trinajstić information content (AvgIpc) is 1.95. The number of nitrogens with one attached hydrogen (secondary N) is 1. The summed E-state index contributed by atoms with van der Waals surface area (Å²) < 4.78 is 5.08. The van der Waals surface area contributed by atoms with Gasteiger partial charge in [-0.3, -0.25) is 14.9 Å². The van der Waals surface area contributed by atoms with E-state index in [9.17, 15) is 9.59 Å². The van der Waals surface area contributed by atoms with Gasteiger partial charge in [0.05, 0.1) is 0 Å². The Labute approximate surface area is 64.9 Å². The van der Waals surface area contributed by atoms with Gasteiger partial charge in [-0.25, -0.2) is 0 Å². The van der Waals surface area contributed by atoms with Crippen LogP contribution < -0.4 is 5.32 Å². The number of rotatable bonds is 2. The maximum Gasteiger partial charge on any atom is 0.255 e. The Hall–Kier alpha value is -0.900. The summed E-state index contributed by atoms with van der Waals surface area (Å²) in [6.45, 7) is 2.33. The van der Waals surface area contributed by atoms with Crippen molar-refractivity contribution < 1.29 is 14.3 Å². The van der Waals surface area contributed by atoms with Crippen LogP contribution in [0.4, 0.5) is 0 Å². The lowest BCUT2D eigenvalue weighted by Gasteiger charge is -2.19. The van der Waals surface area contributed by atoms with Crippen molar-refractivity contribution in [2.24, 2.45) is 0 Å².